The number of hydrogen-bond acceptors (Lipinski definition) is 4. The molecule has 0 spiro atoms. The van der Waals surface area contributed by atoms with E-state index in [9.17, 15) is 4.79 Å². The first-order valence-corrected chi connectivity index (χ1v) is 4.96. The summed E-state index contributed by atoms with van der Waals surface area (Å²) >= 11 is 0. The quantitative estimate of drug-likeness (QED) is 0.656. The van der Waals surface area contributed by atoms with Crippen LogP contribution in [-0.4, -0.2) is 50.7 Å². The molecule has 0 bridgehead atoms. The largest absolute Gasteiger partial charge is 0.468 e. The maximum atomic E-state index is 11.5. The summed E-state index contributed by atoms with van der Waals surface area (Å²) in [6, 6.07) is 0. The van der Waals surface area contributed by atoms with Gasteiger partial charge in [0.05, 0.1) is 7.11 Å². The average Bonchev–Trinajstić information content (AvgIpc) is 2.46. The first kappa shape index (κ1) is 11.5. The first-order valence-electron chi connectivity index (χ1n) is 4.96. The Morgan fingerprint density at radius 1 is 1.64 bits per heavy atom. The molecule has 0 aromatic heterocycles. The number of ether oxygens (including phenoxy) is 1. The summed E-state index contributed by atoms with van der Waals surface area (Å²) in [6.45, 7) is 3.82. The summed E-state index contributed by atoms with van der Waals surface area (Å²) < 4.78 is 4.78. The minimum absolute atomic E-state index is 0.154. The third-order valence-corrected chi connectivity index (χ3v) is 2.74. The molecule has 1 aliphatic heterocycles. The second-order valence-electron chi connectivity index (χ2n) is 4.54. The number of rotatable bonds is 3. The highest BCUT2D eigenvalue weighted by Gasteiger charge is 2.41. The average molecular weight is 200 g/mol. The van der Waals surface area contributed by atoms with E-state index in [1.807, 2.05) is 21.0 Å². The third-order valence-electron chi connectivity index (χ3n) is 2.74. The molecule has 1 fully saturated rings. The van der Waals surface area contributed by atoms with Crippen molar-refractivity contribution >= 4 is 5.97 Å². The highest BCUT2D eigenvalue weighted by molar-refractivity contribution is 5.80. The van der Waals surface area contributed by atoms with E-state index in [0.717, 1.165) is 19.5 Å². The highest BCUT2D eigenvalue weighted by Crippen LogP contribution is 2.25. The summed E-state index contributed by atoms with van der Waals surface area (Å²) in [5.74, 6) is 0.382. The molecule has 14 heavy (non-hydrogen) atoms. The molecular formula is C10H20N2O2. The van der Waals surface area contributed by atoms with Crippen LogP contribution in [0.2, 0.25) is 0 Å². The standard InChI is InChI=1S/C10H20N2O2/c1-10(9(13)14-4)5-8(6-11-10)7-12(2)3/h8,11H,5-7H2,1-4H3. The first-order chi connectivity index (χ1) is 6.48. The summed E-state index contributed by atoms with van der Waals surface area (Å²) in [5, 5.41) is 3.24. The zero-order valence-electron chi connectivity index (χ0n) is 9.46. The van der Waals surface area contributed by atoms with Gasteiger partial charge in [0.1, 0.15) is 5.54 Å². The summed E-state index contributed by atoms with van der Waals surface area (Å²) in [7, 11) is 5.54. The van der Waals surface area contributed by atoms with Crippen LogP contribution in [0, 0.1) is 5.92 Å². The fourth-order valence-electron chi connectivity index (χ4n) is 2.12. The van der Waals surface area contributed by atoms with E-state index < -0.39 is 5.54 Å². The van der Waals surface area contributed by atoms with Crippen LogP contribution in [0.1, 0.15) is 13.3 Å². The van der Waals surface area contributed by atoms with Gasteiger partial charge in [-0.3, -0.25) is 4.79 Å². The van der Waals surface area contributed by atoms with E-state index >= 15 is 0 Å². The monoisotopic (exact) mass is 200 g/mol. The second-order valence-corrected chi connectivity index (χ2v) is 4.54. The van der Waals surface area contributed by atoms with Gasteiger partial charge >= 0.3 is 5.97 Å². The fraction of sp³-hybridized carbons (Fsp3) is 0.900. The van der Waals surface area contributed by atoms with Gasteiger partial charge in [0, 0.05) is 13.1 Å². The van der Waals surface area contributed by atoms with Gasteiger partial charge in [-0.05, 0) is 33.4 Å². The molecule has 2 atom stereocenters. The number of nitrogens with zero attached hydrogens (tertiary/aromatic N) is 1. The van der Waals surface area contributed by atoms with Crippen LogP contribution >= 0.6 is 0 Å². The van der Waals surface area contributed by atoms with Crippen molar-refractivity contribution < 1.29 is 9.53 Å². The molecular weight excluding hydrogens is 180 g/mol. The molecule has 1 N–H and O–H groups in total. The number of carbonyl (C=O) groups excluding carboxylic acids is 1. The lowest BCUT2D eigenvalue weighted by Gasteiger charge is -2.21. The maximum absolute atomic E-state index is 11.5. The number of nitrogens with one attached hydrogen (secondary N) is 1. The molecule has 82 valence electrons. The molecule has 1 heterocycles. The van der Waals surface area contributed by atoms with Crippen molar-refractivity contribution in [1.82, 2.24) is 10.2 Å². The van der Waals surface area contributed by atoms with Crippen molar-refractivity contribution in [3.05, 3.63) is 0 Å². The van der Waals surface area contributed by atoms with E-state index in [1.165, 1.54) is 7.11 Å². The minimum atomic E-state index is -0.477. The molecule has 1 saturated heterocycles. The molecule has 0 aromatic rings. The van der Waals surface area contributed by atoms with Crippen molar-refractivity contribution in [1.29, 1.82) is 0 Å². The lowest BCUT2D eigenvalue weighted by atomic mass is 9.95. The van der Waals surface area contributed by atoms with Gasteiger partial charge in [-0.25, -0.2) is 0 Å². The van der Waals surface area contributed by atoms with Gasteiger partial charge < -0.3 is 15.0 Å². The lowest BCUT2D eigenvalue weighted by molar-refractivity contribution is -0.147. The van der Waals surface area contributed by atoms with E-state index in [1.54, 1.807) is 0 Å². The minimum Gasteiger partial charge on any atom is -0.468 e. The summed E-state index contributed by atoms with van der Waals surface area (Å²) in [5.41, 5.74) is -0.477. The molecule has 1 aliphatic rings. The number of hydrogen-bond donors (Lipinski definition) is 1. The predicted molar refractivity (Wildman–Crippen MR) is 55.1 cm³/mol. The van der Waals surface area contributed by atoms with Gasteiger partial charge in [-0.2, -0.15) is 0 Å². The smallest absolute Gasteiger partial charge is 0.325 e. The number of esters is 1. The van der Waals surface area contributed by atoms with Crippen LogP contribution in [0.25, 0.3) is 0 Å². The number of methoxy groups -OCH3 is 1. The molecule has 0 amide bonds. The van der Waals surface area contributed by atoms with Gasteiger partial charge in [-0.1, -0.05) is 0 Å². The molecule has 0 aliphatic carbocycles. The Hall–Kier alpha value is -0.610. The van der Waals surface area contributed by atoms with E-state index in [2.05, 4.69) is 10.2 Å². The van der Waals surface area contributed by atoms with E-state index in [-0.39, 0.29) is 5.97 Å². The van der Waals surface area contributed by atoms with Crippen molar-refractivity contribution in [3.63, 3.8) is 0 Å². The van der Waals surface area contributed by atoms with Gasteiger partial charge in [0.2, 0.25) is 0 Å². The topological polar surface area (TPSA) is 41.6 Å². The SMILES string of the molecule is COC(=O)C1(C)CC(CN(C)C)CN1. The van der Waals surface area contributed by atoms with E-state index in [4.69, 9.17) is 4.74 Å². The second kappa shape index (κ2) is 4.28. The van der Waals surface area contributed by atoms with Crippen LogP contribution in [0.5, 0.6) is 0 Å². The normalized spacial score (nSPS) is 32.2. The maximum Gasteiger partial charge on any atom is 0.325 e. The summed E-state index contributed by atoms with van der Waals surface area (Å²) in [4.78, 5) is 13.6. The summed E-state index contributed by atoms with van der Waals surface area (Å²) in [6.07, 6.45) is 0.859. The van der Waals surface area contributed by atoms with E-state index in [0.29, 0.717) is 5.92 Å². The lowest BCUT2D eigenvalue weighted by Crippen LogP contribution is -2.45. The third kappa shape index (κ3) is 2.45. The van der Waals surface area contributed by atoms with Crippen LogP contribution in [0.4, 0.5) is 0 Å². The molecule has 0 aromatic carbocycles. The van der Waals surface area contributed by atoms with Crippen LogP contribution in [-0.2, 0) is 9.53 Å². The van der Waals surface area contributed by atoms with Crippen LogP contribution < -0.4 is 5.32 Å². The van der Waals surface area contributed by atoms with Gasteiger partial charge in [-0.15, -0.1) is 0 Å². The Labute approximate surface area is 85.6 Å². The zero-order chi connectivity index (χ0) is 10.8. The van der Waals surface area contributed by atoms with Crippen molar-refractivity contribution in [2.75, 3.05) is 34.3 Å². The van der Waals surface area contributed by atoms with Crippen LogP contribution in [0.3, 0.4) is 0 Å². The Balaban J connectivity index is 2.51. The molecule has 1 rings (SSSR count). The van der Waals surface area contributed by atoms with Crippen molar-refractivity contribution in [2.24, 2.45) is 5.92 Å². The fourth-order valence-corrected chi connectivity index (χ4v) is 2.12. The Morgan fingerprint density at radius 3 is 2.79 bits per heavy atom. The molecule has 2 unspecified atom stereocenters. The molecule has 4 heteroatoms. The molecule has 4 nitrogen and oxygen atoms in total. The Morgan fingerprint density at radius 2 is 2.29 bits per heavy atom. The van der Waals surface area contributed by atoms with Gasteiger partial charge in [0.25, 0.3) is 0 Å². The Bertz CT molecular complexity index is 218. The predicted octanol–water partition coefficient (Wildman–Crippen LogP) is 0.0892. The molecule has 0 radical (unpaired) electrons. The van der Waals surface area contributed by atoms with Crippen LogP contribution in [0.15, 0.2) is 0 Å². The Kier molecular flexibility index (Phi) is 3.50. The molecule has 0 saturated carbocycles. The highest BCUT2D eigenvalue weighted by atomic mass is 16.5. The van der Waals surface area contributed by atoms with Gasteiger partial charge in [0.15, 0.2) is 0 Å². The zero-order valence-corrected chi connectivity index (χ0v) is 9.46. The van der Waals surface area contributed by atoms with Crippen molar-refractivity contribution in [2.45, 2.75) is 18.9 Å². The number of carbonyl (C=O) groups is 1. The van der Waals surface area contributed by atoms with Crippen molar-refractivity contribution in [3.8, 4) is 0 Å².